The molecule has 10 heteroatoms. The van der Waals surface area contributed by atoms with E-state index in [1.807, 2.05) is 0 Å². The van der Waals surface area contributed by atoms with Gasteiger partial charge < -0.3 is 15.0 Å². The number of pyridine rings is 1. The molecule has 2 unspecified atom stereocenters. The number of alkyl halides is 2. The number of ether oxygens (including phenoxy) is 1. The SMILES string of the molecule is CC(C(=O)Nc1ccc(OCC2CCC2)nn1)N1CCC(F)(F)C(c2ccc(=O)[nH]c2)C1. The van der Waals surface area contributed by atoms with E-state index in [-0.39, 0.29) is 36.8 Å². The Morgan fingerprint density at radius 3 is 2.75 bits per heavy atom. The van der Waals surface area contributed by atoms with Crippen molar-refractivity contribution in [3.63, 3.8) is 0 Å². The molecule has 4 rings (SSSR count). The van der Waals surface area contributed by atoms with E-state index in [9.17, 15) is 18.4 Å². The number of carbonyl (C=O) groups excluding carboxylic acids is 1. The van der Waals surface area contributed by atoms with Crippen molar-refractivity contribution in [1.82, 2.24) is 20.1 Å². The highest BCUT2D eigenvalue weighted by atomic mass is 19.3. The van der Waals surface area contributed by atoms with E-state index in [1.54, 1.807) is 24.0 Å². The van der Waals surface area contributed by atoms with Gasteiger partial charge in [0, 0.05) is 37.8 Å². The first kappa shape index (κ1) is 22.3. The first-order chi connectivity index (χ1) is 15.3. The third-order valence-corrected chi connectivity index (χ3v) is 6.38. The second-order valence-electron chi connectivity index (χ2n) is 8.57. The quantitative estimate of drug-likeness (QED) is 0.677. The molecule has 1 saturated heterocycles. The summed E-state index contributed by atoms with van der Waals surface area (Å²) in [7, 11) is 0. The Morgan fingerprint density at radius 2 is 2.12 bits per heavy atom. The fourth-order valence-corrected chi connectivity index (χ4v) is 3.99. The Morgan fingerprint density at radius 1 is 1.31 bits per heavy atom. The summed E-state index contributed by atoms with van der Waals surface area (Å²) < 4.78 is 34.7. The predicted octanol–water partition coefficient (Wildman–Crippen LogP) is 2.80. The van der Waals surface area contributed by atoms with Crippen molar-refractivity contribution in [2.45, 2.75) is 50.5 Å². The van der Waals surface area contributed by atoms with Crippen LogP contribution < -0.4 is 15.6 Å². The number of likely N-dealkylation sites (tertiary alicyclic amines) is 1. The number of halogens is 2. The number of carbonyl (C=O) groups is 1. The topological polar surface area (TPSA) is 100 Å². The number of aromatic nitrogens is 3. The molecule has 0 radical (unpaired) electrons. The van der Waals surface area contributed by atoms with Crippen LogP contribution in [-0.4, -0.2) is 57.6 Å². The van der Waals surface area contributed by atoms with Crippen molar-refractivity contribution < 1.29 is 18.3 Å². The van der Waals surface area contributed by atoms with Gasteiger partial charge in [-0.15, -0.1) is 10.2 Å². The number of anilines is 1. The number of H-pyrrole nitrogens is 1. The number of nitrogens with one attached hydrogen (secondary N) is 2. The normalized spacial score (nSPS) is 22.0. The summed E-state index contributed by atoms with van der Waals surface area (Å²) in [5, 5.41) is 10.7. The van der Waals surface area contributed by atoms with Crippen LogP contribution in [0.2, 0.25) is 0 Å². The molecular weight excluding hydrogens is 420 g/mol. The van der Waals surface area contributed by atoms with E-state index >= 15 is 0 Å². The number of piperidine rings is 1. The standard InChI is InChI=1S/C22H27F2N5O3/c1-14(21(31)26-18-6-8-20(28-27-18)32-13-15-3-2-4-15)29-10-9-22(23,24)17(12-29)16-5-7-19(30)25-11-16/h5-8,11,14-15,17H,2-4,9-10,12-13H2,1H3,(H,25,30)(H,26,27,31). The number of hydrogen-bond acceptors (Lipinski definition) is 6. The van der Waals surface area contributed by atoms with Crippen molar-refractivity contribution in [1.29, 1.82) is 0 Å². The zero-order valence-electron chi connectivity index (χ0n) is 17.9. The van der Waals surface area contributed by atoms with Gasteiger partial charge in [0.05, 0.1) is 18.6 Å². The Kier molecular flexibility index (Phi) is 6.50. The molecule has 2 atom stereocenters. The Hall–Kier alpha value is -2.88. The average molecular weight is 447 g/mol. The molecule has 0 bridgehead atoms. The number of aromatic amines is 1. The third kappa shape index (κ3) is 5.12. The van der Waals surface area contributed by atoms with Crippen LogP contribution in [0.5, 0.6) is 5.88 Å². The minimum Gasteiger partial charge on any atom is -0.476 e. The van der Waals surface area contributed by atoms with E-state index in [0.29, 0.717) is 24.0 Å². The number of hydrogen-bond donors (Lipinski definition) is 2. The monoisotopic (exact) mass is 447 g/mol. The van der Waals surface area contributed by atoms with E-state index in [1.165, 1.54) is 37.6 Å². The molecule has 32 heavy (non-hydrogen) atoms. The van der Waals surface area contributed by atoms with Crippen molar-refractivity contribution in [2.75, 3.05) is 25.0 Å². The molecule has 2 aliphatic rings. The summed E-state index contributed by atoms with van der Waals surface area (Å²) in [6.45, 7) is 2.37. The maximum atomic E-state index is 14.6. The second kappa shape index (κ2) is 9.32. The lowest BCUT2D eigenvalue weighted by Crippen LogP contribution is -2.52. The van der Waals surface area contributed by atoms with Crippen molar-refractivity contribution in [3.8, 4) is 5.88 Å². The second-order valence-corrected chi connectivity index (χ2v) is 8.57. The van der Waals surface area contributed by atoms with Gasteiger partial charge in [-0.2, -0.15) is 0 Å². The van der Waals surface area contributed by atoms with E-state index in [0.717, 1.165) is 0 Å². The van der Waals surface area contributed by atoms with Gasteiger partial charge in [-0.3, -0.25) is 14.5 Å². The maximum absolute atomic E-state index is 14.6. The van der Waals surface area contributed by atoms with Crippen LogP contribution in [0.1, 0.15) is 44.1 Å². The first-order valence-electron chi connectivity index (χ1n) is 10.9. The Bertz CT molecular complexity index is 973. The summed E-state index contributed by atoms with van der Waals surface area (Å²) in [6, 6.07) is 5.27. The maximum Gasteiger partial charge on any atom is 0.257 e. The van der Waals surface area contributed by atoms with Gasteiger partial charge in [-0.05, 0) is 37.3 Å². The summed E-state index contributed by atoms with van der Waals surface area (Å²) in [4.78, 5) is 28.2. The number of rotatable bonds is 7. The van der Waals surface area contributed by atoms with Crippen LogP contribution in [0.3, 0.4) is 0 Å². The summed E-state index contributed by atoms with van der Waals surface area (Å²) in [5.74, 6) is -3.13. The molecule has 3 heterocycles. The Balaban J connectivity index is 1.35. The van der Waals surface area contributed by atoms with Crippen molar-refractivity contribution in [3.05, 3.63) is 46.4 Å². The van der Waals surface area contributed by atoms with E-state index < -0.39 is 17.9 Å². The van der Waals surface area contributed by atoms with Crippen LogP contribution in [0.4, 0.5) is 14.6 Å². The van der Waals surface area contributed by atoms with Crippen molar-refractivity contribution in [2.24, 2.45) is 5.92 Å². The fourth-order valence-electron chi connectivity index (χ4n) is 3.99. The highest BCUT2D eigenvalue weighted by molar-refractivity contribution is 5.93. The van der Waals surface area contributed by atoms with E-state index in [4.69, 9.17) is 4.74 Å². The van der Waals surface area contributed by atoms with Gasteiger partial charge in [0.2, 0.25) is 17.3 Å². The van der Waals surface area contributed by atoms with Crippen LogP contribution in [0, 0.1) is 5.92 Å². The number of amides is 1. The molecule has 2 N–H and O–H groups in total. The highest BCUT2D eigenvalue weighted by Gasteiger charge is 2.46. The molecule has 1 aliphatic heterocycles. The molecule has 1 amide bonds. The lowest BCUT2D eigenvalue weighted by Gasteiger charge is -2.40. The lowest BCUT2D eigenvalue weighted by atomic mass is 9.86. The van der Waals surface area contributed by atoms with Crippen LogP contribution in [0.25, 0.3) is 0 Å². The van der Waals surface area contributed by atoms with Crippen molar-refractivity contribution >= 4 is 11.7 Å². The predicted molar refractivity (Wildman–Crippen MR) is 114 cm³/mol. The van der Waals surface area contributed by atoms with Gasteiger partial charge in [-0.1, -0.05) is 12.5 Å². The molecule has 2 fully saturated rings. The fraction of sp³-hybridized carbons (Fsp3) is 0.545. The van der Waals surface area contributed by atoms with Gasteiger partial charge in [-0.25, -0.2) is 8.78 Å². The van der Waals surface area contributed by atoms with Crippen LogP contribution in [-0.2, 0) is 4.79 Å². The molecule has 1 saturated carbocycles. The van der Waals surface area contributed by atoms with Crippen LogP contribution in [0.15, 0.2) is 35.3 Å². The van der Waals surface area contributed by atoms with Crippen LogP contribution >= 0.6 is 0 Å². The lowest BCUT2D eigenvalue weighted by molar-refractivity contribution is -0.125. The zero-order chi connectivity index (χ0) is 22.7. The van der Waals surface area contributed by atoms with Gasteiger partial charge >= 0.3 is 0 Å². The van der Waals surface area contributed by atoms with Gasteiger partial charge in [0.25, 0.3) is 5.92 Å². The highest BCUT2D eigenvalue weighted by Crippen LogP contribution is 2.40. The average Bonchev–Trinajstić information content (AvgIpc) is 2.74. The smallest absolute Gasteiger partial charge is 0.257 e. The van der Waals surface area contributed by atoms with Gasteiger partial charge in [0.15, 0.2) is 5.82 Å². The third-order valence-electron chi connectivity index (χ3n) is 6.38. The molecule has 172 valence electrons. The molecule has 0 spiro atoms. The minimum atomic E-state index is -2.92. The molecule has 2 aromatic rings. The molecule has 0 aromatic carbocycles. The largest absolute Gasteiger partial charge is 0.476 e. The first-order valence-corrected chi connectivity index (χ1v) is 10.9. The number of nitrogens with zero attached hydrogens (tertiary/aromatic N) is 3. The summed E-state index contributed by atoms with van der Waals surface area (Å²) >= 11 is 0. The Labute approximate surface area is 184 Å². The molecule has 2 aromatic heterocycles. The summed E-state index contributed by atoms with van der Waals surface area (Å²) in [5.41, 5.74) is -0.00620. The summed E-state index contributed by atoms with van der Waals surface area (Å²) in [6.07, 6.45) is 4.53. The zero-order valence-corrected chi connectivity index (χ0v) is 17.9. The molecular formula is C22H27F2N5O3. The molecule has 1 aliphatic carbocycles. The van der Waals surface area contributed by atoms with Gasteiger partial charge in [0.1, 0.15) is 0 Å². The van der Waals surface area contributed by atoms with E-state index in [2.05, 4.69) is 20.5 Å². The minimum absolute atomic E-state index is 0.00669. The molecule has 8 nitrogen and oxygen atoms in total.